The molecule has 184 valence electrons. The number of H-pyrrole nitrogens is 2. The molecule has 0 aliphatic heterocycles. The number of ether oxygens (including phenoxy) is 1. The van der Waals surface area contributed by atoms with Gasteiger partial charge >= 0.3 is 0 Å². The number of likely N-dealkylation sites (N-methyl/N-ethyl adjacent to an activating group) is 1. The summed E-state index contributed by atoms with van der Waals surface area (Å²) in [5.41, 5.74) is 7.14. The van der Waals surface area contributed by atoms with E-state index in [1.807, 2.05) is 50.5 Å². The van der Waals surface area contributed by atoms with Crippen LogP contribution in [0.2, 0.25) is 0 Å². The van der Waals surface area contributed by atoms with E-state index in [-0.39, 0.29) is 5.82 Å². The number of aromatic amines is 2. The summed E-state index contributed by atoms with van der Waals surface area (Å²) in [6.45, 7) is 1.38. The lowest BCUT2D eigenvalue weighted by atomic mass is 10.0. The largest absolute Gasteiger partial charge is 0.491 e. The first-order valence-corrected chi connectivity index (χ1v) is 11.9. The van der Waals surface area contributed by atoms with Crippen molar-refractivity contribution in [2.24, 2.45) is 0 Å². The predicted octanol–water partition coefficient (Wildman–Crippen LogP) is 5.31. The summed E-state index contributed by atoms with van der Waals surface area (Å²) in [5.74, 6) is 1.02. The van der Waals surface area contributed by atoms with Crippen LogP contribution in [-0.4, -0.2) is 62.3 Å². The first-order chi connectivity index (χ1) is 18.0. The van der Waals surface area contributed by atoms with E-state index in [1.54, 1.807) is 24.5 Å². The van der Waals surface area contributed by atoms with E-state index in [9.17, 15) is 4.39 Å². The second-order valence-corrected chi connectivity index (χ2v) is 9.02. The third kappa shape index (κ3) is 4.52. The van der Waals surface area contributed by atoms with E-state index in [0.717, 1.165) is 45.5 Å². The number of pyridine rings is 2. The van der Waals surface area contributed by atoms with Gasteiger partial charge in [-0.25, -0.2) is 14.4 Å². The highest BCUT2D eigenvalue weighted by Gasteiger charge is 2.17. The molecule has 0 fully saturated rings. The lowest BCUT2D eigenvalue weighted by Gasteiger charge is -2.11. The molecule has 0 saturated carbocycles. The number of nitrogens with zero attached hydrogens (tertiary/aromatic N) is 5. The van der Waals surface area contributed by atoms with Crippen molar-refractivity contribution >= 4 is 22.1 Å². The van der Waals surface area contributed by atoms with Crippen LogP contribution in [0.15, 0.2) is 73.1 Å². The van der Waals surface area contributed by atoms with Crippen molar-refractivity contribution in [3.05, 3.63) is 78.9 Å². The van der Waals surface area contributed by atoms with Crippen LogP contribution in [0.4, 0.5) is 4.39 Å². The van der Waals surface area contributed by atoms with Crippen LogP contribution in [0.3, 0.4) is 0 Å². The normalized spacial score (nSPS) is 11.6. The Labute approximate surface area is 212 Å². The fraction of sp³-hybridized carbons (Fsp3) is 0.143. The molecule has 0 bridgehead atoms. The number of para-hydroxylation sites is 1. The first-order valence-electron chi connectivity index (χ1n) is 11.9. The van der Waals surface area contributed by atoms with Crippen molar-refractivity contribution in [1.82, 2.24) is 35.0 Å². The SMILES string of the molecule is CN(C)CCOc1cncc(-c2ccc3[nH]nc(-c4nc5c(-c6ccc(F)cc6)cccc5[nH]4)c3n2)c1. The van der Waals surface area contributed by atoms with Gasteiger partial charge in [-0.05, 0) is 56.1 Å². The summed E-state index contributed by atoms with van der Waals surface area (Å²) in [4.78, 5) is 19.5. The molecule has 0 aliphatic rings. The number of halogens is 1. The van der Waals surface area contributed by atoms with Crippen LogP contribution in [0.25, 0.3) is 56.0 Å². The number of benzene rings is 2. The van der Waals surface area contributed by atoms with Crippen molar-refractivity contribution in [2.75, 3.05) is 27.2 Å². The number of imidazole rings is 1. The minimum Gasteiger partial charge on any atom is -0.491 e. The Morgan fingerprint density at radius 3 is 2.59 bits per heavy atom. The highest BCUT2D eigenvalue weighted by Crippen LogP contribution is 2.32. The molecule has 6 rings (SSSR count). The molecular formula is C28H24FN7O. The molecule has 0 unspecified atom stereocenters. The maximum absolute atomic E-state index is 13.5. The van der Waals surface area contributed by atoms with Gasteiger partial charge in [0.25, 0.3) is 0 Å². The fourth-order valence-electron chi connectivity index (χ4n) is 4.22. The number of hydrogen-bond donors (Lipinski definition) is 2. The monoisotopic (exact) mass is 493 g/mol. The van der Waals surface area contributed by atoms with Crippen LogP contribution < -0.4 is 4.74 Å². The maximum Gasteiger partial charge on any atom is 0.161 e. The molecule has 0 aliphatic carbocycles. The highest BCUT2D eigenvalue weighted by molar-refractivity contribution is 5.96. The summed E-state index contributed by atoms with van der Waals surface area (Å²) in [6, 6.07) is 18.1. The molecule has 4 heterocycles. The van der Waals surface area contributed by atoms with E-state index in [2.05, 4.69) is 25.1 Å². The van der Waals surface area contributed by atoms with Crippen molar-refractivity contribution in [3.63, 3.8) is 0 Å². The summed E-state index contributed by atoms with van der Waals surface area (Å²) in [6.07, 6.45) is 3.47. The highest BCUT2D eigenvalue weighted by atomic mass is 19.1. The first kappa shape index (κ1) is 22.8. The Bertz CT molecular complexity index is 1710. The van der Waals surface area contributed by atoms with Gasteiger partial charge in [0.1, 0.15) is 23.7 Å². The van der Waals surface area contributed by atoms with Crippen LogP contribution in [0.1, 0.15) is 0 Å². The molecule has 0 amide bonds. The molecule has 37 heavy (non-hydrogen) atoms. The fourth-order valence-corrected chi connectivity index (χ4v) is 4.22. The van der Waals surface area contributed by atoms with Gasteiger partial charge in [0.15, 0.2) is 11.5 Å². The predicted molar refractivity (Wildman–Crippen MR) is 142 cm³/mol. The van der Waals surface area contributed by atoms with Gasteiger partial charge in [-0.1, -0.05) is 24.3 Å². The molecule has 0 spiro atoms. The zero-order valence-corrected chi connectivity index (χ0v) is 20.4. The van der Waals surface area contributed by atoms with Gasteiger partial charge in [-0.2, -0.15) is 5.10 Å². The zero-order valence-electron chi connectivity index (χ0n) is 20.4. The molecular weight excluding hydrogens is 469 g/mol. The smallest absolute Gasteiger partial charge is 0.161 e. The van der Waals surface area contributed by atoms with E-state index in [0.29, 0.717) is 29.4 Å². The van der Waals surface area contributed by atoms with Gasteiger partial charge in [0.2, 0.25) is 0 Å². The topological polar surface area (TPSA) is 95.6 Å². The molecule has 9 heteroatoms. The quantitative estimate of drug-likeness (QED) is 0.313. The Kier molecular flexibility index (Phi) is 5.82. The Balaban J connectivity index is 1.37. The molecule has 6 aromatic rings. The van der Waals surface area contributed by atoms with Crippen molar-refractivity contribution in [1.29, 1.82) is 0 Å². The lowest BCUT2D eigenvalue weighted by Crippen LogP contribution is -2.19. The van der Waals surface area contributed by atoms with E-state index in [4.69, 9.17) is 14.7 Å². The van der Waals surface area contributed by atoms with Gasteiger partial charge in [0, 0.05) is 23.9 Å². The van der Waals surface area contributed by atoms with E-state index >= 15 is 0 Å². The van der Waals surface area contributed by atoms with Gasteiger partial charge in [-0.15, -0.1) is 0 Å². The van der Waals surface area contributed by atoms with Gasteiger partial charge < -0.3 is 14.6 Å². The molecule has 0 atom stereocenters. The molecule has 4 aromatic heterocycles. The molecule has 0 saturated heterocycles. The number of nitrogens with one attached hydrogen (secondary N) is 2. The summed E-state index contributed by atoms with van der Waals surface area (Å²) in [7, 11) is 4.01. The molecule has 8 nitrogen and oxygen atoms in total. The van der Waals surface area contributed by atoms with Gasteiger partial charge in [-0.3, -0.25) is 10.1 Å². The number of hydrogen-bond acceptors (Lipinski definition) is 6. The van der Waals surface area contributed by atoms with Crippen molar-refractivity contribution in [3.8, 4) is 39.7 Å². The summed E-state index contributed by atoms with van der Waals surface area (Å²) >= 11 is 0. The summed E-state index contributed by atoms with van der Waals surface area (Å²) in [5, 5.41) is 7.56. The van der Waals surface area contributed by atoms with Crippen LogP contribution in [-0.2, 0) is 0 Å². The van der Waals surface area contributed by atoms with E-state index < -0.39 is 0 Å². The van der Waals surface area contributed by atoms with Crippen LogP contribution in [0, 0.1) is 5.82 Å². The number of aromatic nitrogens is 6. The Hall–Kier alpha value is -4.63. The lowest BCUT2D eigenvalue weighted by molar-refractivity contribution is 0.261. The Morgan fingerprint density at radius 1 is 0.892 bits per heavy atom. The van der Waals surface area contributed by atoms with Gasteiger partial charge in [0.05, 0.1) is 28.4 Å². The van der Waals surface area contributed by atoms with Crippen LogP contribution >= 0.6 is 0 Å². The second kappa shape index (κ2) is 9.44. The number of fused-ring (bicyclic) bond motifs is 2. The maximum atomic E-state index is 13.5. The summed E-state index contributed by atoms with van der Waals surface area (Å²) < 4.78 is 19.3. The molecule has 2 N–H and O–H groups in total. The minimum atomic E-state index is -0.274. The van der Waals surface area contributed by atoms with Crippen LogP contribution in [0.5, 0.6) is 5.75 Å². The Morgan fingerprint density at radius 2 is 1.76 bits per heavy atom. The third-order valence-corrected chi connectivity index (χ3v) is 6.12. The average molecular weight is 494 g/mol. The van der Waals surface area contributed by atoms with E-state index in [1.165, 1.54) is 12.1 Å². The average Bonchev–Trinajstić information content (AvgIpc) is 3.53. The van der Waals surface area contributed by atoms with Crippen molar-refractivity contribution in [2.45, 2.75) is 0 Å². The molecule has 2 aromatic carbocycles. The minimum absolute atomic E-state index is 0.274. The second-order valence-electron chi connectivity index (χ2n) is 9.02. The third-order valence-electron chi connectivity index (χ3n) is 6.12. The number of rotatable bonds is 7. The molecule has 0 radical (unpaired) electrons. The zero-order chi connectivity index (χ0) is 25.4. The standard InChI is InChI=1S/C28H24FN7O/c1-36(2)12-13-37-20-14-18(15-30-16-20)22-10-11-24-26(31-22)27(35-34-24)28-32-23-5-3-4-21(25(23)33-28)17-6-8-19(29)9-7-17/h3-11,14-16H,12-13H2,1-2H3,(H,32,33)(H,34,35). The van der Waals surface area contributed by atoms with Crippen molar-refractivity contribution < 1.29 is 9.13 Å².